The van der Waals surface area contributed by atoms with Crippen LogP contribution in [0.2, 0.25) is 5.02 Å². The van der Waals surface area contributed by atoms with E-state index >= 15 is 0 Å². The van der Waals surface area contributed by atoms with Crippen molar-refractivity contribution in [2.45, 2.75) is 20.4 Å². The third-order valence-electron chi connectivity index (χ3n) is 4.21. The molecule has 28 heavy (non-hydrogen) atoms. The standard InChI is InChI=1S/C21H20ClFN4S/c1-14-5-8-20(15(2)10-14)25-21(28)26-24-12-18-4-3-9-27(18)13-16-6-7-17(23)11-19(16)22/h3-12H,13H2,1-2H3,(H2,25,26,28). The molecule has 2 aromatic carbocycles. The first-order valence-electron chi connectivity index (χ1n) is 8.69. The number of thiocarbonyl (C=S) groups is 1. The van der Waals surface area contributed by atoms with Crippen LogP contribution in [0.5, 0.6) is 0 Å². The molecule has 3 rings (SSSR count). The van der Waals surface area contributed by atoms with Gasteiger partial charge in [-0.3, -0.25) is 5.43 Å². The van der Waals surface area contributed by atoms with E-state index in [1.807, 2.05) is 48.9 Å². The summed E-state index contributed by atoms with van der Waals surface area (Å²) in [6, 6.07) is 14.3. The van der Waals surface area contributed by atoms with E-state index in [0.717, 1.165) is 22.5 Å². The number of nitrogens with one attached hydrogen (secondary N) is 2. The summed E-state index contributed by atoms with van der Waals surface area (Å²) >= 11 is 11.4. The summed E-state index contributed by atoms with van der Waals surface area (Å²) in [5.74, 6) is -0.350. The number of aryl methyl sites for hydroxylation is 2. The quantitative estimate of drug-likeness (QED) is 0.339. The zero-order valence-electron chi connectivity index (χ0n) is 15.5. The molecule has 0 saturated heterocycles. The lowest BCUT2D eigenvalue weighted by atomic mass is 10.1. The average Bonchev–Trinajstić information content (AvgIpc) is 3.07. The lowest BCUT2D eigenvalue weighted by Crippen LogP contribution is -2.24. The van der Waals surface area contributed by atoms with Gasteiger partial charge in [0, 0.05) is 23.5 Å². The minimum atomic E-state index is -0.350. The third kappa shape index (κ3) is 5.18. The van der Waals surface area contributed by atoms with Crippen molar-refractivity contribution in [2.75, 3.05) is 5.32 Å². The number of anilines is 1. The van der Waals surface area contributed by atoms with Gasteiger partial charge in [-0.1, -0.05) is 35.4 Å². The van der Waals surface area contributed by atoms with E-state index in [-0.39, 0.29) is 5.82 Å². The number of benzene rings is 2. The second kappa shape index (κ2) is 8.99. The van der Waals surface area contributed by atoms with Gasteiger partial charge in [0.15, 0.2) is 5.11 Å². The maximum Gasteiger partial charge on any atom is 0.191 e. The maximum absolute atomic E-state index is 13.2. The van der Waals surface area contributed by atoms with E-state index in [1.165, 1.54) is 17.7 Å². The fraction of sp³-hybridized carbons (Fsp3) is 0.143. The number of hydrogen-bond donors (Lipinski definition) is 2. The Morgan fingerprint density at radius 1 is 1.21 bits per heavy atom. The number of hydrazone groups is 1. The Bertz CT molecular complexity index is 1030. The summed E-state index contributed by atoms with van der Waals surface area (Å²) in [4.78, 5) is 0. The molecule has 0 atom stereocenters. The van der Waals surface area contributed by atoms with Gasteiger partial charge in [-0.2, -0.15) is 5.10 Å². The van der Waals surface area contributed by atoms with E-state index in [4.69, 9.17) is 23.8 Å². The summed E-state index contributed by atoms with van der Waals surface area (Å²) < 4.78 is 15.2. The average molecular weight is 415 g/mol. The predicted octanol–water partition coefficient (Wildman–Crippen LogP) is 5.27. The summed E-state index contributed by atoms with van der Waals surface area (Å²) in [6.45, 7) is 4.58. The molecule has 0 spiro atoms. The van der Waals surface area contributed by atoms with Crippen LogP contribution in [-0.4, -0.2) is 15.9 Å². The molecule has 0 aliphatic carbocycles. The molecule has 7 heteroatoms. The number of rotatable bonds is 5. The fourth-order valence-corrected chi connectivity index (χ4v) is 3.17. The van der Waals surface area contributed by atoms with Crippen molar-refractivity contribution in [1.29, 1.82) is 0 Å². The molecular formula is C21H20ClFN4S. The molecule has 0 saturated carbocycles. The highest BCUT2D eigenvalue weighted by Gasteiger charge is 2.05. The van der Waals surface area contributed by atoms with Crippen LogP contribution < -0.4 is 10.7 Å². The van der Waals surface area contributed by atoms with E-state index in [0.29, 0.717) is 16.7 Å². The lowest BCUT2D eigenvalue weighted by molar-refractivity contribution is 0.626. The molecule has 0 unspecified atom stereocenters. The van der Waals surface area contributed by atoms with Gasteiger partial charge >= 0.3 is 0 Å². The van der Waals surface area contributed by atoms with E-state index < -0.39 is 0 Å². The zero-order chi connectivity index (χ0) is 20.1. The molecule has 2 N–H and O–H groups in total. The summed E-state index contributed by atoms with van der Waals surface area (Å²) in [7, 11) is 0. The Kier molecular flexibility index (Phi) is 6.44. The molecule has 0 radical (unpaired) electrons. The second-order valence-electron chi connectivity index (χ2n) is 6.44. The first-order chi connectivity index (χ1) is 13.4. The van der Waals surface area contributed by atoms with Gasteiger partial charge in [0.05, 0.1) is 11.9 Å². The smallest absolute Gasteiger partial charge is 0.191 e. The first kappa shape index (κ1) is 20.0. The van der Waals surface area contributed by atoms with Crippen molar-refractivity contribution in [3.05, 3.63) is 88.0 Å². The maximum atomic E-state index is 13.2. The van der Waals surface area contributed by atoms with Crippen LogP contribution in [0.25, 0.3) is 0 Å². The van der Waals surface area contributed by atoms with E-state index in [2.05, 4.69) is 21.9 Å². The zero-order valence-corrected chi connectivity index (χ0v) is 17.1. The van der Waals surface area contributed by atoms with Crippen LogP contribution in [0.3, 0.4) is 0 Å². The van der Waals surface area contributed by atoms with E-state index in [1.54, 1.807) is 12.3 Å². The minimum absolute atomic E-state index is 0.350. The molecular weight excluding hydrogens is 395 g/mol. The predicted molar refractivity (Wildman–Crippen MR) is 118 cm³/mol. The molecule has 0 aliphatic heterocycles. The fourth-order valence-electron chi connectivity index (χ4n) is 2.78. The Balaban J connectivity index is 1.62. The molecule has 1 aromatic heterocycles. The molecule has 0 aliphatic rings. The van der Waals surface area contributed by atoms with Crippen molar-refractivity contribution in [2.24, 2.45) is 5.10 Å². The number of aromatic nitrogens is 1. The van der Waals surface area contributed by atoms with Gasteiger partial charge in [0.2, 0.25) is 0 Å². The highest BCUT2D eigenvalue weighted by Crippen LogP contribution is 2.19. The highest BCUT2D eigenvalue weighted by molar-refractivity contribution is 7.80. The monoisotopic (exact) mass is 414 g/mol. The lowest BCUT2D eigenvalue weighted by Gasteiger charge is -2.11. The molecule has 4 nitrogen and oxygen atoms in total. The Hall–Kier alpha value is -2.70. The number of hydrogen-bond acceptors (Lipinski definition) is 2. The number of halogens is 2. The van der Waals surface area contributed by atoms with Gasteiger partial charge in [-0.05, 0) is 67.5 Å². The highest BCUT2D eigenvalue weighted by atomic mass is 35.5. The molecule has 1 heterocycles. The minimum Gasteiger partial charge on any atom is -0.342 e. The SMILES string of the molecule is Cc1ccc(NC(=S)NN=Cc2cccn2Cc2ccc(F)cc2Cl)c(C)c1. The van der Waals surface area contributed by atoms with Crippen LogP contribution in [0.15, 0.2) is 59.8 Å². The van der Waals surface area contributed by atoms with Gasteiger partial charge in [0.25, 0.3) is 0 Å². The molecule has 0 bridgehead atoms. The van der Waals surface area contributed by atoms with Crippen molar-refractivity contribution < 1.29 is 4.39 Å². The molecule has 0 fully saturated rings. The Labute approximate surface area is 174 Å². The summed E-state index contributed by atoms with van der Waals surface area (Å²) in [6.07, 6.45) is 3.58. The number of nitrogens with zero attached hydrogens (tertiary/aromatic N) is 2. The van der Waals surface area contributed by atoms with Crippen LogP contribution in [-0.2, 0) is 6.54 Å². The van der Waals surface area contributed by atoms with Gasteiger partial charge in [0.1, 0.15) is 5.82 Å². The van der Waals surface area contributed by atoms with Crippen molar-refractivity contribution >= 4 is 40.8 Å². The largest absolute Gasteiger partial charge is 0.342 e. The summed E-state index contributed by atoms with van der Waals surface area (Å²) in [5, 5.41) is 8.14. The van der Waals surface area contributed by atoms with Crippen molar-refractivity contribution in [3.8, 4) is 0 Å². The Morgan fingerprint density at radius 2 is 2.04 bits per heavy atom. The van der Waals surface area contributed by atoms with Gasteiger partial charge in [-0.15, -0.1) is 0 Å². The van der Waals surface area contributed by atoms with Gasteiger partial charge in [-0.25, -0.2) is 4.39 Å². The van der Waals surface area contributed by atoms with Crippen LogP contribution in [0.4, 0.5) is 10.1 Å². The Morgan fingerprint density at radius 3 is 2.79 bits per heavy atom. The van der Waals surface area contributed by atoms with Crippen LogP contribution in [0, 0.1) is 19.7 Å². The molecule has 0 amide bonds. The third-order valence-corrected chi connectivity index (χ3v) is 4.76. The first-order valence-corrected chi connectivity index (χ1v) is 9.47. The topological polar surface area (TPSA) is 41.4 Å². The molecule has 144 valence electrons. The summed E-state index contributed by atoms with van der Waals surface area (Å²) in [5.41, 5.74) is 7.76. The van der Waals surface area contributed by atoms with E-state index in [9.17, 15) is 4.39 Å². The second-order valence-corrected chi connectivity index (χ2v) is 7.25. The normalized spacial score (nSPS) is 11.0. The van der Waals surface area contributed by atoms with Gasteiger partial charge < -0.3 is 9.88 Å². The molecule has 3 aromatic rings. The van der Waals surface area contributed by atoms with Crippen LogP contribution in [0.1, 0.15) is 22.4 Å². The van der Waals surface area contributed by atoms with Crippen molar-refractivity contribution in [3.63, 3.8) is 0 Å². The van der Waals surface area contributed by atoms with Crippen molar-refractivity contribution in [1.82, 2.24) is 9.99 Å². The van der Waals surface area contributed by atoms with Crippen LogP contribution >= 0.6 is 23.8 Å².